The first kappa shape index (κ1) is 30.1. The summed E-state index contributed by atoms with van der Waals surface area (Å²) in [5.74, 6) is -0.145. The van der Waals surface area contributed by atoms with E-state index in [0.717, 1.165) is 40.6 Å². The summed E-state index contributed by atoms with van der Waals surface area (Å²) in [5, 5.41) is 12.0. The van der Waals surface area contributed by atoms with Gasteiger partial charge in [-0.15, -0.1) is 0 Å². The number of aliphatic hydroxyl groups excluding tert-OH is 1. The number of anilines is 1. The summed E-state index contributed by atoms with van der Waals surface area (Å²) in [4.78, 5) is 33.7. The van der Waals surface area contributed by atoms with E-state index in [2.05, 4.69) is 6.92 Å². The Labute approximate surface area is 255 Å². The summed E-state index contributed by atoms with van der Waals surface area (Å²) < 4.78 is 18.2. The van der Waals surface area contributed by atoms with Crippen molar-refractivity contribution in [1.29, 1.82) is 0 Å². The highest BCUT2D eigenvalue weighted by Crippen LogP contribution is 2.46. The van der Waals surface area contributed by atoms with Crippen LogP contribution in [0.15, 0.2) is 60.2 Å². The van der Waals surface area contributed by atoms with Gasteiger partial charge in [0, 0.05) is 5.56 Å². The molecule has 0 bridgehead atoms. The Balaban J connectivity index is 1.66. The van der Waals surface area contributed by atoms with Crippen LogP contribution in [0.3, 0.4) is 0 Å². The molecule has 1 aliphatic heterocycles. The largest absolute Gasteiger partial charge is 0.507 e. The SMILES string of the molecule is CCCCOc1ccc(C2/C(=C(\O)c3ccc(OCCC)cc3)C(=O)C(=O)N2c2nc3c(C)cc(C)cc3s2)cc1OC. The second kappa shape index (κ2) is 12.9. The molecule has 1 unspecified atom stereocenters. The number of aryl methyl sites for hydroxylation is 2. The van der Waals surface area contributed by atoms with Crippen molar-refractivity contribution in [2.24, 2.45) is 0 Å². The maximum atomic E-state index is 13.8. The van der Waals surface area contributed by atoms with E-state index < -0.39 is 17.7 Å². The number of Topliss-reactive ketones (excluding diaryl/α,β-unsaturated/α-hetero) is 1. The lowest BCUT2D eigenvalue weighted by Gasteiger charge is -2.24. The third-order valence-corrected chi connectivity index (χ3v) is 8.33. The van der Waals surface area contributed by atoms with Gasteiger partial charge in [-0.3, -0.25) is 14.5 Å². The van der Waals surface area contributed by atoms with Crippen LogP contribution in [-0.4, -0.2) is 42.1 Å². The van der Waals surface area contributed by atoms with Crippen molar-refractivity contribution in [3.8, 4) is 17.2 Å². The minimum absolute atomic E-state index is 0.0268. The molecule has 9 heteroatoms. The zero-order chi connectivity index (χ0) is 30.7. The van der Waals surface area contributed by atoms with Gasteiger partial charge in [-0.1, -0.05) is 43.7 Å². The fraction of sp³-hybridized carbons (Fsp3) is 0.324. The summed E-state index contributed by atoms with van der Waals surface area (Å²) in [6.07, 6.45) is 2.74. The van der Waals surface area contributed by atoms with Crippen molar-refractivity contribution in [1.82, 2.24) is 4.98 Å². The second-order valence-corrected chi connectivity index (χ2v) is 11.6. The smallest absolute Gasteiger partial charge is 0.301 e. The number of carbonyl (C=O) groups is 2. The number of rotatable bonds is 11. The number of hydrogen-bond donors (Lipinski definition) is 1. The standard InChI is InChI=1S/C34H36N2O6S/c1-6-8-16-42-25-14-11-23(19-26(25)40-5)30-28(31(37)22-9-12-24(13-10-22)41-15-7-2)32(38)33(39)36(30)34-35-29-21(4)17-20(3)18-27(29)43-34/h9-14,17-19,30,37H,6-8,15-16H2,1-5H3/b31-28+. The number of benzene rings is 3. The van der Waals surface area contributed by atoms with Gasteiger partial charge in [0.15, 0.2) is 16.6 Å². The number of methoxy groups -OCH3 is 1. The third-order valence-electron chi connectivity index (χ3n) is 7.33. The van der Waals surface area contributed by atoms with E-state index in [4.69, 9.17) is 19.2 Å². The molecule has 8 nitrogen and oxygen atoms in total. The van der Waals surface area contributed by atoms with E-state index in [1.54, 1.807) is 49.6 Å². The van der Waals surface area contributed by atoms with Crippen LogP contribution in [0.2, 0.25) is 0 Å². The van der Waals surface area contributed by atoms with E-state index in [-0.39, 0.29) is 11.3 Å². The van der Waals surface area contributed by atoms with Gasteiger partial charge in [0.2, 0.25) is 0 Å². The van der Waals surface area contributed by atoms with Gasteiger partial charge in [0.1, 0.15) is 11.5 Å². The van der Waals surface area contributed by atoms with Gasteiger partial charge >= 0.3 is 5.91 Å². The number of nitrogens with zero attached hydrogens (tertiary/aromatic N) is 2. The van der Waals surface area contributed by atoms with Crippen LogP contribution in [0.25, 0.3) is 16.0 Å². The van der Waals surface area contributed by atoms with Gasteiger partial charge in [-0.2, -0.15) is 0 Å². The van der Waals surface area contributed by atoms with Crippen molar-refractivity contribution in [2.45, 2.75) is 53.0 Å². The molecule has 0 spiro atoms. The maximum absolute atomic E-state index is 13.8. The Bertz CT molecular complexity index is 1690. The molecule has 5 rings (SSSR count). The van der Waals surface area contributed by atoms with Gasteiger partial charge in [0.25, 0.3) is 5.78 Å². The topological polar surface area (TPSA) is 98.2 Å². The molecule has 0 radical (unpaired) electrons. The van der Waals surface area contributed by atoms with Crippen LogP contribution < -0.4 is 19.1 Å². The molecule has 1 fully saturated rings. The van der Waals surface area contributed by atoms with E-state index in [9.17, 15) is 14.7 Å². The summed E-state index contributed by atoms with van der Waals surface area (Å²) in [6, 6.07) is 15.3. The lowest BCUT2D eigenvalue weighted by atomic mass is 9.95. The highest BCUT2D eigenvalue weighted by atomic mass is 32.1. The van der Waals surface area contributed by atoms with E-state index in [1.807, 2.05) is 32.9 Å². The highest BCUT2D eigenvalue weighted by molar-refractivity contribution is 7.22. The Kier molecular flexibility index (Phi) is 9.01. The van der Waals surface area contributed by atoms with Crippen LogP contribution in [-0.2, 0) is 9.59 Å². The molecule has 224 valence electrons. The molecule has 1 N–H and O–H groups in total. The number of amides is 1. The van der Waals surface area contributed by atoms with Gasteiger partial charge < -0.3 is 19.3 Å². The number of hydrogen-bond acceptors (Lipinski definition) is 8. The molecule has 0 saturated carbocycles. The van der Waals surface area contributed by atoms with E-state index in [0.29, 0.717) is 46.7 Å². The molecule has 0 aliphatic carbocycles. The highest BCUT2D eigenvalue weighted by Gasteiger charge is 2.48. The fourth-order valence-electron chi connectivity index (χ4n) is 5.19. The molecular weight excluding hydrogens is 564 g/mol. The number of ketones is 1. The number of thiazole rings is 1. The lowest BCUT2D eigenvalue weighted by Crippen LogP contribution is -2.29. The van der Waals surface area contributed by atoms with Crippen LogP contribution in [0.5, 0.6) is 17.2 Å². The molecule has 43 heavy (non-hydrogen) atoms. The summed E-state index contributed by atoms with van der Waals surface area (Å²) in [6.45, 7) is 9.19. The van der Waals surface area contributed by atoms with E-state index in [1.165, 1.54) is 16.2 Å². The zero-order valence-electron chi connectivity index (χ0n) is 25.1. The number of aromatic nitrogens is 1. The first-order chi connectivity index (χ1) is 20.8. The lowest BCUT2D eigenvalue weighted by molar-refractivity contribution is -0.132. The summed E-state index contributed by atoms with van der Waals surface area (Å²) in [7, 11) is 1.55. The normalized spacial score (nSPS) is 16.2. The Morgan fingerprint density at radius 1 is 0.953 bits per heavy atom. The van der Waals surface area contributed by atoms with Crippen LogP contribution >= 0.6 is 11.3 Å². The number of carbonyl (C=O) groups excluding carboxylic acids is 2. The zero-order valence-corrected chi connectivity index (χ0v) is 25.9. The molecule has 1 aromatic heterocycles. The van der Waals surface area contributed by atoms with Crippen molar-refractivity contribution in [3.63, 3.8) is 0 Å². The monoisotopic (exact) mass is 600 g/mol. The third kappa shape index (κ3) is 5.95. The van der Waals surface area contributed by atoms with Crippen molar-refractivity contribution >= 4 is 44.1 Å². The average Bonchev–Trinajstić information content (AvgIpc) is 3.54. The molecular formula is C34H36N2O6S. The predicted octanol–water partition coefficient (Wildman–Crippen LogP) is 7.52. The average molecular weight is 601 g/mol. The second-order valence-electron chi connectivity index (χ2n) is 10.6. The maximum Gasteiger partial charge on any atom is 0.301 e. The number of ether oxygens (including phenoxy) is 3. The van der Waals surface area contributed by atoms with Crippen LogP contribution in [0.1, 0.15) is 61.4 Å². The van der Waals surface area contributed by atoms with Crippen molar-refractivity contribution in [3.05, 3.63) is 82.4 Å². The number of aliphatic hydroxyl groups is 1. The molecule has 1 amide bonds. The minimum Gasteiger partial charge on any atom is -0.507 e. The quantitative estimate of drug-likeness (QED) is 0.0823. The first-order valence-corrected chi connectivity index (χ1v) is 15.3. The molecule has 4 aromatic rings. The van der Waals surface area contributed by atoms with Gasteiger partial charge in [-0.05, 0) is 85.8 Å². The summed E-state index contributed by atoms with van der Waals surface area (Å²) in [5.41, 5.74) is 3.77. The van der Waals surface area contributed by atoms with Crippen molar-refractivity contribution in [2.75, 3.05) is 25.2 Å². The number of fused-ring (bicyclic) bond motifs is 1. The molecule has 1 aliphatic rings. The van der Waals surface area contributed by atoms with Gasteiger partial charge in [-0.25, -0.2) is 4.98 Å². The molecule has 1 atom stereocenters. The van der Waals surface area contributed by atoms with E-state index >= 15 is 0 Å². The number of unbranched alkanes of at least 4 members (excludes halogenated alkanes) is 1. The van der Waals surface area contributed by atoms with Crippen LogP contribution in [0, 0.1) is 13.8 Å². The Morgan fingerprint density at radius 2 is 1.72 bits per heavy atom. The molecule has 3 aromatic carbocycles. The van der Waals surface area contributed by atoms with Crippen molar-refractivity contribution < 1.29 is 28.9 Å². The fourth-order valence-corrected chi connectivity index (χ4v) is 6.36. The Morgan fingerprint density at radius 3 is 2.42 bits per heavy atom. The minimum atomic E-state index is -0.948. The first-order valence-electron chi connectivity index (χ1n) is 14.5. The molecule has 2 heterocycles. The van der Waals surface area contributed by atoms with Crippen LogP contribution in [0.4, 0.5) is 5.13 Å². The predicted molar refractivity (Wildman–Crippen MR) is 170 cm³/mol. The Hall–Kier alpha value is -4.37. The summed E-state index contributed by atoms with van der Waals surface area (Å²) >= 11 is 1.34. The molecule has 1 saturated heterocycles. The van der Waals surface area contributed by atoms with Gasteiger partial charge in [0.05, 0.1) is 42.2 Å².